The smallest absolute Gasteiger partial charge is 0.114 e. The minimum Gasteiger partial charge on any atom is -0.287 e. The molecule has 1 heterocycles. The zero-order valence-electron chi connectivity index (χ0n) is 12.8. The van der Waals surface area contributed by atoms with Crippen LogP contribution in [0.5, 0.6) is 0 Å². The standard InChI is InChI=1S/C17H31N3/c1-3-9-15(10-4-1)18-17(20-13-7-8-14-20)19-16-11-5-2-6-12-16/h1,3,15-19H,2,4-14H2. The van der Waals surface area contributed by atoms with Crippen LogP contribution in [-0.4, -0.2) is 36.4 Å². The molecular weight excluding hydrogens is 246 g/mol. The van der Waals surface area contributed by atoms with Crippen molar-refractivity contribution in [1.82, 2.24) is 15.5 Å². The monoisotopic (exact) mass is 277 g/mol. The average molecular weight is 277 g/mol. The molecule has 1 saturated heterocycles. The molecule has 0 spiro atoms. The first-order valence-electron chi connectivity index (χ1n) is 8.83. The zero-order valence-corrected chi connectivity index (χ0v) is 12.8. The molecule has 3 heteroatoms. The lowest BCUT2D eigenvalue weighted by Crippen LogP contribution is -2.59. The van der Waals surface area contributed by atoms with Gasteiger partial charge in [-0.3, -0.25) is 15.5 Å². The Kier molecular flexibility index (Phi) is 5.51. The van der Waals surface area contributed by atoms with Gasteiger partial charge in [-0.1, -0.05) is 31.4 Å². The summed E-state index contributed by atoms with van der Waals surface area (Å²) in [5.74, 6) is 0. The first kappa shape index (κ1) is 14.6. The second kappa shape index (κ2) is 7.58. The van der Waals surface area contributed by atoms with Crippen molar-refractivity contribution < 1.29 is 0 Å². The predicted molar refractivity (Wildman–Crippen MR) is 84.5 cm³/mol. The van der Waals surface area contributed by atoms with Crippen LogP contribution in [0.4, 0.5) is 0 Å². The highest BCUT2D eigenvalue weighted by Gasteiger charge is 2.27. The fraction of sp³-hybridized carbons (Fsp3) is 0.882. The third kappa shape index (κ3) is 4.06. The summed E-state index contributed by atoms with van der Waals surface area (Å²) in [6.07, 6.45) is 18.6. The summed E-state index contributed by atoms with van der Waals surface area (Å²) in [6, 6.07) is 1.41. The van der Waals surface area contributed by atoms with E-state index in [1.54, 1.807) is 0 Å². The highest BCUT2D eigenvalue weighted by Crippen LogP contribution is 2.20. The molecular formula is C17H31N3. The molecule has 3 aliphatic rings. The highest BCUT2D eigenvalue weighted by molar-refractivity contribution is 4.94. The van der Waals surface area contributed by atoms with Gasteiger partial charge in [-0.2, -0.15) is 0 Å². The molecule has 2 aliphatic carbocycles. The van der Waals surface area contributed by atoms with Crippen molar-refractivity contribution in [3.63, 3.8) is 0 Å². The average Bonchev–Trinajstić information content (AvgIpc) is 3.03. The Balaban J connectivity index is 1.55. The van der Waals surface area contributed by atoms with E-state index in [1.165, 1.54) is 77.3 Å². The van der Waals surface area contributed by atoms with Crippen molar-refractivity contribution in [2.75, 3.05) is 13.1 Å². The van der Waals surface area contributed by atoms with E-state index in [0.29, 0.717) is 12.3 Å². The van der Waals surface area contributed by atoms with Crippen LogP contribution in [0.1, 0.15) is 64.2 Å². The summed E-state index contributed by atoms with van der Waals surface area (Å²) in [6.45, 7) is 2.53. The molecule has 0 amide bonds. The number of rotatable bonds is 5. The van der Waals surface area contributed by atoms with Gasteiger partial charge < -0.3 is 0 Å². The van der Waals surface area contributed by atoms with E-state index in [9.17, 15) is 0 Å². The molecule has 2 atom stereocenters. The second-order valence-corrected chi connectivity index (χ2v) is 6.80. The fourth-order valence-corrected chi connectivity index (χ4v) is 3.92. The van der Waals surface area contributed by atoms with E-state index in [0.717, 1.165) is 6.04 Å². The van der Waals surface area contributed by atoms with Gasteiger partial charge in [0.25, 0.3) is 0 Å². The molecule has 20 heavy (non-hydrogen) atoms. The van der Waals surface area contributed by atoms with E-state index in [4.69, 9.17) is 0 Å². The lowest BCUT2D eigenvalue weighted by Gasteiger charge is -2.37. The van der Waals surface area contributed by atoms with E-state index >= 15 is 0 Å². The fourth-order valence-electron chi connectivity index (χ4n) is 3.92. The van der Waals surface area contributed by atoms with Crippen molar-refractivity contribution in [2.45, 2.75) is 82.6 Å². The third-order valence-electron chi connectivity index (χ3n) is 5.17. The largest absolute Gasteiger partial charge is 0.287 e. The van der Waals surface area contributed by atoms with Crippen LogP contribution in [0.3, 0.4) is 0 Å². The maximum Gasteiger partial charge on any atom is 0.114 e. The molecule has 1 saturated carbocycles. The molecule has 2 unspecified atom stereocenters. The maximum absolute atomic E-state index is 3.94. The van der Waals surface area contributed by atoms with E-state index < -0.39 is 0 Å². The summed E-state index contributed by atoms with van der Waals surface area (Å²) in [4.78, 5) is 2.63. The van der Waals surface area contributed by atoms with Crippen molar-refractivity contribution in [3.05, 3.63) is 12.2 Å². The van der Waals surface area contributed by atoms with Crippen molar-refractivity contribution in [3.8, 4) is 0 Å². The Hall–Kier alpha value is -0.380. The van der Waals surface area contributed by atoms with Crippen LogP contribution < -0.4 is 10.6 Å². The van der Waals surface area contributed by atoms with Crippen molar-refractivity contribution in [1.29, 1.82) is 0 Å². The van der Waals surface area contributed by atoms with Crippen molar-refractivity contribution in [2.24, 2.45) is 0 Å². The van der Waals surface area contributed by atoms with E-state index in [-0.39, 0.29) is 0 Å². The molecule has 0 aromatic heterocycles. The number of nitrogens with zero attached hydrogens (tertiary/aromatic N) is 1. The maximum atomic E-state index is 3.94. The lowest BCUT2D eigenvalue weighted by molar-refractivity contribution is 0.125. The van der Waals surface area contributed by atoms with Crippen molar-refractivity contribution >= 4 is 0 Å². The van der Waals surface area contributed by atoms with Gasteiger partial charge >= 0.3 is 0 Å². The molecule has 0 aromatic rings. The zero-order chi connectivity index (χ0) is 13.6. The Morgan fingerprint density at radius 3 is 2.25 bits per heavy atom. The number of nitrogens with one attached hydrogen (secondary N) is 2. The number of hydrogen-bond donors (Lipinski definition) is 2. The molecule has 0 radical (unpaired) electrons. The lowest BCUT2D eigenvalue weighted by atomic mass is 9.95. The first-order valence-corrected chi connectivity index (χ1v) is 8.83. The van der Waals surface area contributed by atoms with Gasteiger partial charge in [-0.25, -0.2) is 0 Å². The van der Waals surface area contributed by atoms with E-state index in [1.807, 2.05) is 0 Å². The predicted octanol–water partition coefficient (Wildman–Crippen LogP) is 2.99. The molecule has 2 fully saturated rings. The van der Waals surface area contributed by atoms with E-state index in [2.05, 4.69) is 27.7 Å². The molecule has 3 rings (SSSR count). The molecule has 3 nitrogen and oxygen atoms in total. The van der Waals surface area contributed by atoms with Crippen LogP contribution in [-0.2, 0) is 0 Å². The Morgan fingerprint density at radius 2 is 1.55 bits per heavy atom. The number of allylic oxidation sites excluding steroid dienone is 1. The second-order valence-electron chi connectivity index (χ2n) is 6.80. The minimum absolute atomic E-state index is 0.414. The number of likely N-dealkylation sites (tertiary alicyclic amines) is 1. The topological polar surface area (TPSA) is 27.3 Å². The first-order chi connectivity index (χ1) is 9.92. The third-order valence-corrected chi connectivity index (χ3v) is 5.17. The van der Waals surface area contributed by atoms with Crippen LogP contribution in [0, 0.1) is 0 Å². The number of hydrogen-bond acceptors (Lipinski definition) is 3. The Labute approximate surface area is 124 Å². The van der Waals surface area contributed by atoms with Gasteiger partial charge in [-0.15, -0.1) is 0 Å². The van der Waals surface area contributed by atoms with Gasteiger partial charge in [0.2, 0.25) is 0 Å². The highest BCUT2D eigenvalue weighted by atomic mass is 15.4. The molecule has 0 bridgehead atoms. The SMILES string of the molecule is C1=CCC(NC(NC2CCCCC2)N2CCCC2)CC1. The van der Waals surface area contributed by atoms with Gasteiger partial charge in [-0.05, 0) is 44.9 Å². The van der Waals surface area contributed by atoms with Crippen LogP contribution in [0.25, 0.3) is 0 Å². The summed E-state index contributed by atoms with van der Waals surface area (Å²) >= 11 is 0. The Morgan fingerprint density at radius 1 is 0.800 bits per heavy atom. The van der Waals surface area contributed by atoms with Crippen LogP contribution >= 0.6 is 0 Å². The molecule has 114 valence electrons. The Bertz CT molecular complexity index is 303. The summed E-state index contributed by atoms with van der Waals surface area (Å²) in [7, 11) is 0. The van der Waals surface area contributed by atoms with Gasteiger partial charge in [0.1, 0.15) is 6.29 Å². The van der Waals surface area contributed by atoms with Crippen LogP contribution in [0.2, 0.25) is 0 Å². The summed E-state index contributed by atoms with van der Waals surface area (Å²) < 4.78 is 0. The molecule has 2 N–H and O–H groups in total. The van der Waals surface area contributed by atoms with Gasteiger partial charge in [0.15, 0.2) is 0 Å². The minimum atomic E-state index is 0.414. The quantitative estimate of drug-likeness (QED) is 0.597. The normalized spacial score (nSPS) is 30.7. The molecule has 0 aromatic carbocycles. The van der Waals surface area contributed by atoms with Gasteiger partial charge in [0.05, 0.1) is 0 Å². The summed E-state index contributed by atoms with van der Waals surface area (Å²) in [5.41, 5.74) is 0. The molecule has 1 aliphatic heterocycles. The van der Waals surface area contributed by atoms with Crippen LogP contribution in [0.15, 0.2) is 12.2 Å². The summed E-state index contributed by atoms with van der Waals surface area (Å²) in [5, 5.41) is 7.84. The van der Waals surface area contributed by atoms with Gasteiger partial charge in [0, 0.05) is 25.2 Å².